The molecule has 0 radical (unpaired) electrons. The number of aliphatic hydroxyl groups excluding tert-OH is 1. The minimum atomic E-state index is -0.923. The first-order valence-electron chi connectivity index (χ1n) is 11.8. The first kappa shape index (κ1) is 22.0. The van der Waals surface area contributed by atoms with Crippen molar-refractivity contribution in [3.05, 3.63) is 76.6 Å². The Labute approximate surface area is 192 Å². The van der Waals surface area contributed by atoms with E-state index in [2.05, 4.69) is 0 Å². The van der Waals surface area contributed by atoms with E-state index >= 15 is 0 Å². The van der Waals surface area contributed by atoms with Crippen LogP contribution < -0.4 is 0 Å². The number of ketones is 1. The number of halogens is 2. The fraction of sp³-hybridized carbons (Fsp3) is 0.407. The van der Waals surface area contributed by atoms with Crippen LogP contribution in [0.15, 0.2) is 42.5 Å². The van der Waals surface area contributed by atoms with Gasteiger partial charge in [0.25, 0.3) is 0 Å². The largest absolute Gasteiger partial charge is 0.392 e. The predicted octanol–water partition coefficient (Wildman–Crippen LogP) is 5.46. The summed E-state index contributed by atoms with van der Waals surface area (Å²) >= 11 is 0. The van der Waals surface area contributed by atoms with Gasteiger partial charge in [-0.15, -0.1) is 0 Å². The van der Waals surface area contributed by atoms with Gasteiger partial charge in [-0.25, -0.2) is 13.8 Å². The Morgan fingerprint density at radius 1 is 1.15 bits per heavy atom. The van der Waals surface area contributed by atoms with E-state index in [0.717, 1.165) is 54.6 Å². The van der Waals surface area contributed by atoms with Crippen molar-refractivity contribution in [1.29, 1.82) is 0 Å². The molecule has 3 unspecified atom stereocenters. The van der Waals surface area contributed by atoms with E-state index in [4.69, 9.17) is 4.98 Å². The van der Waals surface area contributed by atoms with Crippen LogP contribution in [0.2, 0.25) is 0 Å². The molecule has 2 heterocycles. The summed E-state index contributed by atoms with van der Waals surface area (Å²) in [6.07, 6.45) is 4.37. The zero-order chi connectivity index (χ0) is 23.1. The lowest BCUT2D eigenvalue weighted by atomic mass is 9.86. The molecule has 1 aliphatic carbocycles. The van der Waals surface area contributed by atoms with Gasteiger partial charge >= 0.3 is 0 Å². The minimum absolute atomic E-state index is 0.0499. The summed E-state index contributed by atoms with van der Waals surface area (Å²) in [6.45, 7) is 2.60. The average molecular weight is 451 g/mol. The molecule has 1 N–H and O–H groups in total. The number of hydrogen-bond acceptors (Lipinski definition) is 3. The van der Waals surface area contributed by atoms with Crippen LogP contribution >= 0.6 is 0 Å². The molecule has 6 heteroatoms. The normalized spacial score (nSPS) is 20.7. The van der Waals surface area contributed by atoms with E-state index < -0.39 is 17.7 Å². The third-order valence-electron chi connectivity index (χ3n) is 7.18. The first-order chi connectivity index (χ1) is 15.9. The summed E-state index contributed by atoms with van der Waals surface area (Å²) in [7, 11) is 0. The van der Waals surface area contributed by atoms with Crippen LogP contribution in [0.4, 0.5) is 8.78 Å². The number of carbonyl (C=O) groups excluding carboxylic acids is 1. The number of hydrogen-bond donors (Lipinski definition) is 1. The molecule has 2 aliphatic rings. The van der Waals surface area contributed by atoms with E-state index in [1.54, 1.807) is 0 Å². The lowest BCUT2D eigenvalue weighted by molar-refractivity contribution is 0.0886. The molecule has 0 spiro atoms. The summed E-state index contributed by atoms with van der Waals surface area (Å²) < 4.78 is 29.5. The van der Waals surface area contributed by atoms with Crippen molar-refractivity contribution in [2.45, 2.75) is 64.0 Å². The summed E-state index contributed by atoms with van der Waals surface area (Å²) in [5.41, 5.74) is 4.06. The standard InChI is InChI=1S/C27H28F2N2O2/c1-16(13-20-19-8-5-4-7-17(19)15-24(20)32)26(33)25-23-9-3-2-6-12-31(23)27(30-25)18-10-11-21(28)22(29)14-18/h4-5,7-8,10-11,14,16,20,24,32H,2-3,6,9,12-13,15H2,1H3. The van der Waals surface area contributed by atoms with Crippen molar-refractivity contribution < 1.29 is 18.7 Å². The van der Waals surface area contributed by atoms with E-state index in [0.29, 0.717) is 36.5 Å². The monoisotopic (exact) mass is 450 g/mol. The highest BCUT2D eigenvalue weighted by atomic mass is 19.2. The number of aromatic nitrogens is 2. The summed E-state index contributed by atoms with van der Waals surface area (Å²) in [5, 5.41) is 10.6. The van der Waals surface area contributed by atoms with Crippen molar-refractivity contribution in [2.75, 3.05) is 0 Å². The Morgan fingerprint density at radius 2 is 1.97 bits per heavy atom. The van der Waals surface area contributed by atoms with Crippen LogP contribution in [-0.4, -0.2) is 26.5 Å². The Kier molecular flexibility index (Phi) is 5.87. The molecule has 0 saturated carbocycles. The maximum absolute atomic E-state index is 14.0. The highest BCUT2D eigenvalue weighted by Gasteiger charge is 2.35. The fourth-order valence-electron chi connectivity index (χ4n) is 5.43. The number of fused-ring (bicyclic) bond motifs is 2. The molecule has 3 atom stereocenters. The van der Waals surface area contributed by atoms with E-state index in [1.807, 2.05) is 35.8 Å². The van der Waals surface area contributed by atoms with Gasteiger partial charge in [-0.3, -0.25) is 4.79 Å². The molecule has 2 aromatic carbocycles. The third-order valence-corrected chi connectivity index (χ3v) is 7.18. The number of carbonyl (C=O) groups is 1. The van der Waals surface area contributed by atoms with Crippen molar-refractivity contribution in [3.63, 3.8) is 0 Å². The van der Waals surface area contributed by atoms with Crippen LogP contribution in [0.3, 0.4) is 0 Å². The van der Waals surface area contributed by atoms with Crippen molar-refractivity contribution in [3.8, 4) is 11.4 Å². The van der Waals surface area contributed by atoms with E-state index in [1.165, 1.54) is 6.07 Å². The van der Waals surface area contributed by atoms with Gasteiger partial charge in [-0.1, -0.05) is 37.6 Å². The lowest BCUT2D eigenvalue weighted by Crippen LogP contribution is -2.21. The molecule has 172 valence electrons. The second kappa shape index (κ2) is 8.82. The molecule has 0 saturated heterocycles. The number of nitrogens with zero attached hydrogens (tertiary/aromatic N) is 2. The molecule has 0 bridgehead atoms. The van der Waals surface area contributed by atoms with Gasteiger partial charge in [-0.05, 0) is 61.4 Å². The van der Waals surface area contributed by atoms with Crippen molar-refractivity contribution in [1.82, 2.24) is 9.55 Å². The van der Waals surface area contributed by atoms with E-state index in [9.17, 15) is 18.7 Å². The highest BCUT2D eigenvalue weighted by Crippen LogP contribution is 2.39. The second-order valence-corrected chi connectivity index (χ2v) is 9.40. The van der Waals surface area contributed by atoms with Gasteiger partial charge < -0.3 is 9.67 Å². The van der Waals surface area contributed by atoms with Crippen LogP contribution in [-0.2, 0) is 19.4 Å². The summed E-state index contributed by atoms with van der Waals surface area (Å²) in [6, 6.07) is 11.8. The van der Waals surface area contributed by atoms with Crippen LogP contribution in [0.1, 0.15) is 65.8 Å². The predicted molar refractivity (Wildman–Crippen MR) is 122 cm³/mol. The molecule has 3 aromatic rings. The number of rotatable bonds is 5. The molecule has 4 nitrogen and oxygen atoms in total. The Hall–Kier alpha value is -2.86. The zero-order valence-electron chi connectivity index (χ0n) is 18.7. The maximum Gasteiger partial charge on any atom is 0.185 e. The van der Waals surface area contributed by atoms with Crippen molar-refractivity contribution in [2.24, 2.45) is 5.92 Å². The minimum Gasteiger partial charge on any atom is -0.392 e. The summed E-state index contributed by atoms with van der Waals surface area (Å²) in [4.78, 5) is 18.3. The van der Waals surface area contributed by atoms with Crippen LogP contribution in [0, 0.1) is 17.6 Å². The number of imidazole rings is 1. The SMILES string of the molecule is CC(CC1c2ccccc2CC1O)C(=O)c1nc(-c2ccc(F)c(F)c2)n2c1CCCCC2. The van der Waals surface area contributed by atoms with Gasteiger partial charge in [-0.2, -0.15) is 0 Å². The Balaban J connectivity index is 1.48. The molecule has 5 rings (SSSR count). The molecule has 1 aromatic heterocycles. The highest BCUT2D eigenvalue weighted by molar-refractivity contribution is 5.97. The number of Topliss-reactive ketones (excluding diaryl/α,β-unsaturated/α-hetero) is 1. The maximum atomic E-state index is 14.0. The zero-order valence-corrected chi connectivity index (χ0v) is 18.7. The second-order valence-electron chi connectivity index (χ2n) is 9.40. The fourth-order valence-corrected chi connectivity index (χ4v) is 5.43. The first-order valence-corrected chi connectivity index (χ1v) is 11.8. The Bertz CT molecular complexity index is 1200. The van der Waals surface area contributed by atoms with Gasteiger partial charge in [0.2, 0.25) is 0 Å². The number of aliphatic hydroxyl groups is 1. The smallest absolute Gasteiger partial charge is 0.185 e. The van der Waals surface area contributed by atoms with Crippen LogP contribution in [0.25, 0.3) is 11.4 Å². The lowest BCUT2D eigenvalue weighted by Gasteiger charge is -2.20. The van der Waals surface area contributed by atoms with Gasteiger partial charge in [0, 0.05) is 29.6 Å². The van der Waals surface area contributed by atoms with E-state index in [-0.39, 0.29) is 17.6 Å². The molecule has 1 aliphatic heterocycles. The Morgan fingerprint density at radius 3 is 2.79 bits per heavy atom. The third kappa shape index (κ3) is 4.01. The van der Waals surface area contributed by atoms with Crippen molar-refractivity contribution >= 4 is 5.78 Å². The molecule has 0 fully saturated rings. The summed E-state index contributed by atoms with van der Waals surface area (Å²) in [5.74, 6) is -1.75. The number of benzene rings is 2. The van der Waals surface area contributed by atoms with Gasteiger partial charge in [0.05, 0.1) is 6.10 Å². The quantitative estimate of drug-likeness (QED) is 0.525. The van der Waals surface area contributed by atoms with Crippen LogP contribution in [0.5, 0.6) is 0 Å². The molecule has 0 amide bonds. The average Bonchev–Trinajstić information content (AvgIpc) is 3.21. The molecule has 33 heavy (non-hydrogen) atoms. The van der Waals surface area contributed by atoms with Gasteiger partial charge in [0.15, 0.2) is 17.4 Å². The molecular formula is C27H28F2N2O2. The van der Waals surface area contributed by atoms with Gasteiger partial charge in [0.1, 0.15) is 11.5 Å². The molecular weight excluding hydrogens is 422 g/mol. The topological polar surface area (TPSA) is 55.1 Å².